The summed E-state index contributed by atoms with van der Waals surface area (Å²) in [5.74, 6) is -0.292. The van der Waals surface area contributed by atoms with Crippen LogP contribution in [0.5, 0.6) is 5.75 Å². The van der Waals surface area contributed by atoms with Crippen LogP contribution < -0.4 is 9.54 Å². The molecule has 2 N–H and O–H groups in total. The van der Waals surface area contributed by atoms with E-state index >= 15 is 0 Å². The minimum atomic E-state index is -4.75. The van der Waals surface area contributed by atoms with Gasteiger partial charge in [-0.3, -0.25) is 5.41 Å². The van der Waals surface area contributed by atoms with Crippen molar-refractivity contribution in [1.82, 2.24) is 20.0 Å². The van der Waals surface area contributed by atoms with Gasteiger partial charge in [-0.2, -0.15) is 15.4 Å². The van der Waals surface area contributed by atoms with Gasteiger partial charge in [-0.1, -0.05) is 48.9 Å². The summed E-state index contributed by atoms with van der Waals surface area (Å²) in [6.07, 6.45) is -0.875. The number of H-pyrrole nitrogens is 1. The number of fused-ring (bicyclic) bond motifs is 1. The van der Waals surface area contributed by atoms with Crippen molar-refractivity contribution in [3.63, 3.8) is 0 Å². The zero-order valence-corrected chi connectivity index (χ0v) is 18.2. The highest BCUT2D eigenvalue weighted by Crippen LogP contribution is 2.28. The van der Waals surface area contributed by atoms with Crippen LogP contribution in [-0.4, -0.2) is 26.3 Å². The van der Waals surface area contributed by atoms with Gasteiger partial charge in [0.2, 0.25) is 0 Å². The molecule has 0 saturated carbocycles. The monoisotopic (exact) mass is 461 g/mol. The second kappa shape index (κ2) is 9.15. The van der Waals surface area contributed by atoms with Crippen LogP contribution in [0.15, 0.2) is 42.5 Å². The molecule has 0 amide bonds. The molecular weight excluding hydrogens is 439 g/mol. The number of thiazole rings is 1. The molecular formula is C22H22F3N5OS. The highest BCUT2D eigenvalue weighted by atomic mass is 32.1. The van der Waals surface area contributed by atoms with E-state index in [4.69, 9.17) is 5.41 Å². The highest BCUT2D eigenvalue weighted by molar-refractivity contribution is 7.16. The molecule has 168 valence electrons. The number of alkyl halides is 3. The Hall–Kier alpha value is -3.14. The summed E-state index contributed by atoms with van der Waals surface area (Å²) in [7, 11) is 0. The van der Waals surface area contributed by atoms with Gasteiger partial charge in [0, 0.05) is 18.5 Å². The Bertz CT molecular complexity index is 1260. The van der Waals surface area contributed by atoms with E-state index in [0.29, 0.717) is 23.2 Å². The Morgan fingerprint density at radius 1 is 1.09 bits per heavy atom. The number of aryl methyl sites for hydroxylation is 3. The number of nitrogens with zero attached hydrogens (tertiary/aromatic N) is 3. The smallest absolute Gasteiger partial charge is 0.406 e. The molecule has 0 aliphatic carbocycles. The second-order valence-corrected chi connectivity index (χ2v) is 8.44. The average Bonchev–Trinajstić information content (AvgIpc) is 3.33. The first-order valence-electron chi connectivity index (χ1n) is 10.3. The van der Waals surface area contributed by atoms with E-state index < -0.39 is 6.36 Å². The van der Waals surface area contributed by atoms with E-state index in [1.54, 1.807) is 10.6 Å². The first-order valence-corrected chi connectivity index (χ1v) is 11.1. The van der Waals surface area contributed by atoms with Crippen LogP contribution in [-0.2, 0) is 19.4 Å². The summed E-state index contributed by atoms with van der Waals surface area (Å²) in [5, 5.41) is 19.5. The summed E-state index contributed by atoms with van der Waals surface area (Å²) in [4.78, 5) is 0.245. The minimum absolute atomic E-state index is 0.245. The number of unbranched alkanes of at least 4 members (excludes halogenated alkanes) is 1. The molecule has 2 aromatic carbocycles. The molecule has 10 heteroatoms. The normalized spacial score (nSPS) is 11.9. The SMILES string of the molecule is CCCCc1ccc(-c2n[nH]nc2CCn2c(=N)sc3cc(OC(F)(F)F)ccc32)cc1. The second-order valence-electron chi connectivity index (χ2n) is 7.41. The van der Waals surface area contributed by atoms with E-state index in [1.807, 2.05) is 12.1 Å². The molecule has 32 heavy (non-hydrogen) atoms. The molecule has 4 aromatic rings. The predicted molar refractivity (Wildman–Crippen MR) is 116 cm³/mol. The molecule has 6 nitrogen and oxygen atoms in total. The Labute approximate surface area is 186 Å². The maximum Gasteiger partial charge on any atom is 0.573 e. The summed E-state index contributed by atoms with van der Waals surface area (Å²) in [5.41, 5.74) is 4.47. The number of benzene rings is 2. The van der Waals surface area contributed by atoms with Gasteiger partial charge in [0.05, 0.1) is 15.9 Å². The molecule has 0 saturated heterocycles. The van der Waals surface area contributed by atoms with Crippen LogP contribution in [0.3, 0.4) is 0 Å². The number of nitrogens with one attached hydrogen (secondary N) is 2. The van der Waals surface area contributed by atoms with Crippen molar-refractivity contribution in [2.45, 2.75) is 45.5 Å². The van der Waals surface area contributed by atoms with Crippen molar-refractivity contribution in [2.24, 2.45) is 0 Å². The van der Waals surface area contributed by atoms with E-state index in [0.717, 1.165) is 47.6 Å². The van der Waals surface area contributed by atoms with Crippen LogP contribution in [0.4, 0.5) is 13.2 Å². The van der Waals surface area contributed by atoms with Crippen molar-refractivity contribution in [3.05, 3.63) is 58.5 Å². The van der Waals surface area contributed by atoms with Crippen molar-refractivity contribution in [1.29, 1.82) is 5.41 Å². The third kappa shape index (κ3) is 5.01. The number of ether oxygens (including phenoxy) is 1. The maximum atomic E-state index is 12.5. The quantitative estimate of drug-likeness (QED) is 0.366. The lowest BCUT2D eigenvalue weighted by molar-refractivity contribution is -0.274. The summed E-state index contributed by atoms with van der Waals surface area (Å²) in [6.45, 7) is 2.62. The third-order valence-corrected chi connectivity index (χ3v) is 6.11. The van der Waals surface area contributed by atoms with Crippen molar-refractivity contribution in [2.75, 3.05) is 0 Å². The van der Waals surface area contributed by atoms with Gasteiger partial charge in [0.25, 0.3) is 0 Å². The topological polar surface area (TPSA) is 79.6 Å². The van der Waals surface area contributed by atoms with Crippen LogP contribution in [0.2, 0.25) is 0 Å². The Morgan fingerprint density at radius 3 is 2.59 bits per heavy atom. The summed E-state index contributed by atoms with van der Waals surface area (Å²) < 4.78 is 43.7. The maximum absolute atomic E-state index is 12.5. The lowest BCUT2D eigenvalue weighted by Gasteiger charge is -2.09. The summed E-state index contributed by atoms with van der Waals surface area (Å²) >= 11 is 1.10. The van der Waals surface area contributed by atoms with E-state index in [2.05, 4.69) is 39.2 Å². The number of aromatic amines is 1. The molecule has 2 heterocycles. The minimum Gasteiger partial charge on any atom is -0.406 e. The predicted octanol–water partition coefficient (Wildman–Crippen LogP) is 5.45. The zero-order valence-electron chi connectivity index (χ0n) is 17.4. The van der Waals surface area contributed by atoms with E-state index in [-0.39, 0.29) is 10.6 Å². The molecule has 0 fully saturated rings. The first-order chi connectivity index (χ1) is 15.3. The number of halogens is 3. The van der Waals surface area contributed by atoms with Crippen LogP contribution in [0, 0.1) is 5.41 Å². The van der Waals surface area contributed by atoms with Gasteiger partial charge in [0.15, 0.2) is 4.80 Å². The fourth-order valence-electron chi connectivity index (χ4n) is 3.57. The van der Waals surface area contributed by atoms with Crippen molar-refractivity contribution in [3.8, 4) is 17.0 Å². The van der Waals surface area contributed by atoms with Gasteiger partial charge < -0.3 is 9.30 Å². The molecule has 0 radical (unpaired) electrons. The van der Waals surface area contributed by atoms with E-state index in [1.165, 1.54) is 17.7 Å². The average molecular weight is 462 g/mol. The molecule has 0 spiro atoms. The molecule has 2 aromatic heterocycles. The van der Waals surface area contributed by atoms with Crippen LogP contribution in [0.1, 0.15) is 31.0 Å². The Kier molecular flexibility index (Phi) is 6.31. The molecule has 0 aliphatic rings. The largest absolute Gasteiger partial charge is 0.573 e. The number of rotatable bonds is 8. The lowest BCUT2D eigenvalue weighted by atomic mass is 10.0. The van der Waals surface area contributed by atoms with E-state index in [9.17, 15) is 13.2 Å². The Morgan fingerprint density at radius 2 is 1.88 bits per heavy atom. The number of hydrogen-bond acceptors (Lipinski definition) is 5. The van der Waals surface area contributed by atoms with Crippen LogP contribution >= 0.6 is 11.3 Å². The van der Waals surface area contributed by atoms with Gasteiger partial charge in [-0.15, -0.1) is 13.2 Å². The zero-order chi connectivity index (χ0) is 22.7. The summed E-state index contributed by atoms with van der Waals surface area (Å²) in [6, 6.07) is 12.4. The fraction of sp³-hybridized carbons (Fsp3) is 0.318. The van der Waals surface area contributed by atoms with Gasteiger partial charge >= 0.3 is 6.36 Å². The lowest BCUT2D eigenvalue weighted by Crippen LogP contribution is -2.17. The highest BCUT2D eigenvalue weighted by Gasteiger charge is 2.31. The molecule has 0 bridgehead atoms. The molecule has 0 unspecified atom stereocenters. The number of aromatic nitrogens is 4. The van der Waals surface area contributed by atoms with Crippen molar-refractivity contribution >= 4 is 21.6 Å². The third-order valence-electron chi connectivity index (χ3n) is 5.15. The van der Waals surface area contributed by atoms with Gasteiger partial charge in [-0.25, -0.2) is 0 Å². The van der Waals surface area contributed by atoms with Gasteiger partial charge in [-0.05, 0) is 36.6 Å². The Balaban J connectivity index is 1.52. The van der Waals surface area contributed by atoms with Crippen LogP contribution in [0.25, 0.3) is 21.5 Å². The van der Waals surface area contributed by atoms with Crippen molar-refractivity contribution < 1.29 is 17.9 Å². The standard InChI is InChI=1S/C22H22F3N5OS/c1-2-3-4-14-5-7-15(8-6-14)20-17(27-29-28-20)11-12-30-18-10-9-16(31-22(23,24)25)13-19(18)32-21(30)26/h5-10,13,26H,2-4,11-12H2,1H3,(H,27,28,29). The molecule has 0 atom stereocenters. The molecule has 4 rings (SSSR count). The number of hydrogen-bond donors (Lipinski definition) is 2. The fourth-order valence-corrected chi connectivity index (χ4v) is 4.54. The first kappa shape index (κ1) is 22.1. The van der Waals surface area contributed by atoms with Gasteiger partial charge in [0.1, 0.15) is 11.4 Å². The molecule has 0 aliphatic heterocycles.